The van der Waals surface area contributed by atoms with E-state index in [0.717, 1.165) is 50.4 Å². The minimum absolute atomic E-state index is 0.368. The molecule has 0 radical (unpaired) electrons. The standard InChI is InChI=1S/C16H22N6O2/c1-3-17-16-18-8-12(9-19-16)10-21-5-4-6-22-13(11-21)7-14(20-22)15(23)24-2/h7-9H,3-6,10-11H2,1-2H3,(H,17,18,19). The lowest BCUT2D eigenvalue weighted by atomic mass is 10.2. The molecule has 1 aliphatic heterocycles. The molecule has 0 unspecified atom stereocenters. The molecule has 0 spiro atoms. The molecule has 24 heavy (non-hydrogen) atoms. The monoisotopic (exact) mass is 330 g/mol. The maximum atomic E-state index is 11.6. The molecule has 0 atom stereocenters. The highest BCUT2D eigenvalue weighted by Crippen LogP contribution is 2.16. The van der Waals surface area contributed by atoms with Gasteiger partial charge in [-0.3, -0.25) is 9.58 Å². The first-order chi connectivity index (χ1) is 11.7. The van der Waals surface area contributed by atoms with Gasteiger partial charge in [-0.25, -0.2) is 14.8 Å². The Kier molecular flexibility index (Phi) is 5.05. The minimum atomic E-state index is -0.394. The van der Waals surface area contributed by atoms with Gasteiger partial charge in [-0.2, -0.15) is 5.10 Å². The summed E-state index contributed by atoms with van der Waals surface area (Å²) in [7, 11) is 1.37. The van der Waals surface area contributed by atoms with Crippen LogP contribution in [0.4, 0.5) is 5.95 Å². The van der Waals surface area contributed by atoms with Crippen molar-refractivity contribution >= 4 is 11.9 Å². The lowest BCUT2D eigenvalue weighted by Gasteiger charge is -2.19. The quantitative estimate of drug-likeness (QED) is 0.827. The number of hydrogen-bond donors (Lipinski definition) is 1. The third-order valence-corrected chi connectivity index (χ3v) is 3.93. The van der Waals surface area contributed by atoms with E-state index in [1.54, 1.807) is 0 Å². The number of aryl methyl sites for hydroxylation is 1. The van der Waals surface area contributed by atoms with Crippen molar-refractivity contribution in [2.75, 3.05) is 25.5 Å². The fourth-order valence-corrected chi connectivity index (χ4v) is 2.81. The summed E-state index contributed by atoms with van der Waals surface area (Å²) in [6.07, 6.45) is 4.69. The molecule has 1 N–H and O–H groups in total. The fraction of sp³-hybridized carbons (Fsp3) is 0.500. The van der Waals surface area contributed by atoms with Gasteiger partial charge in [0.1, 0.15) is 0 Å². The number of rotatable bonds is 5. The molecule has 128 valence electrons. The van der Waals surface area contributed by atoms with Crippen molar-refractivity contribution in [2.24, 2.45) is 0 Å². The van der Waals surface area contributed by atoms with Crippen molar-refractivity contribution in [3.8, 4) is 0 Å². The summed E-state index contributed by atoms with van der Waals surface area (Å²) in [5.41, 5.74) is 2.46. The van der Waals surface area contributed by atoms with Gasteiger partial charge < -0.3 is 10.1 Å². The molecule has 2 aromatic heterocycles. The number of methoxy groups -OCH3 is 1. The molecule has 0 saturated carbocycles. The number of fused-ring (bicyclic) bond motifs is 1. The largest absolute Gasteiger partial charge is 0.464 e. The topological polar surface area (TPSA) is 85.2 Å². The fourth-order valence-electron chi connectivity index (χ4n) is 2.81. The van der Waals surface area contributed by atoms with E-state index < -0.39 is 5.97 Å². The van der Waals surface area contributed by atoms with Gasteiger partial charge >= 0.3 is 5.97 Å². The van der Waals surface area contributed by atoms with E-state index in [2.05, 4.69) is 25.3 Å². The van der Waals surface area contributed by atoms with Gasteiger partial charge in [0.2, 0.25) is 5.95 Å². The van der Waals surface area contributed by atoms with Gasteiger partial charge in [-0.1, -0.05) is 0 Å². The Morgan fingerprint density at radius 3 is 2.83 bits per heavy atom. The Morgan fingerprint density at radius 1 is 1.33 bits per heavy atom. The Morgan fingerprint density at radius 2 is 2.12 bits per heavy atom. The Hall–Kier alpha value is -2.48. The summed E-state index contributed by atoms with van der Waals surface area (Å²) in [4.78, 5) is 22.6. The smallest absolute Gasteiger partial charge is 0.358 e. The Labute approximate surface area is 140 Å². The van der Waals surface area contributed by atoms with E-state index in [-0.39, 0.29) is 0 Å². The molecule has 0 saturated heterocycles. The number of esters is 1. The van der Waals surface area contributed by atoms with Crippen LogP contribution >= 0.6 is 0 Å². The molecule has 2 aromatic rings. The zero-order valence-corrected chi connectivity index (χ0v) is 14.0. The summed E-state index contributed by atoms with van der Waals surface area (Å²) in [6.45, 7) is 6.09. The van der Waals surface area contributed by atoms with Crippen molar-refractivity contribution in [1.29, 1.82) is 0 Å². The van der Waals surface area contributed by atoms with Crippen LogP contribution in [0.2, 0.25) is 0 Å². The first-order valence-corrected chi connectivity index (χ1v) is 8.11. The molecule has 8 heteroatoms. The van der Waals surface area contributed by atoms with Gasteiger partial charge in [0, 0.05) is 50.7 Å². The maximum Gasteiger partial charge on any atom is 0.358 e. The number of carbonyl (C=O) groups excluding carboxylic acids is 1. The van der Waals surface area contributed by atoms with Crippen LogP contribution in [0.1, 0.15) is 35.1 Å². The number of anilines is 1. The molecular formula is C16H22N6O2. The predicted octanol–water partition coefficient (Wildman–Crippen LogP) is 1.30. The van der Waals surface area contributed by atoms with Gasteiger partial charge in [0.15, 0.2) is 5.69 Å². The van der Waals surface area contributed by atoms with Crippen LogP contribution in [0.25, 0.3) is 0 Å². The van der Waals surface area contributed by atoms with E-state index in [1.807, 2.05) is 30.1 Å². The number of nitrogens with zero attached hydrogens (tertiary/aromatic N) is 5. The molecule has 0 aliphatic carbocycles. The summed E-state index contributed by atoms with van der Waals surface area (Å²) < 4.78 is 6.65. The number of ether oxygens (including phenoxy) is 1. The van der Waals surface area contributed by atoms with Crippen molar-refractivity contribution in [3.05, 3.63) is 35.4 Å². The lowest BCUT2D eigenvalue weighted by Crippen LogP contribution is -2.23. The Bertz CT molecular complexity index is 697. The number of carbonyl (C=O) groups is 1. The minimum Gasteiger partial charge on any atom is -0.464 e. The highest BCUT2D eigenvalue weighted by molar-refractivity contribution is 5.87. The second kappa shape index (κ2) is 7.39. The van der Waals surface area contributed by atoms with E-state index in [4.69, 9.17) is 4.74 Å². The first-order valence-electron chi connectivity index (χ1n) is 8.11. The molecule has 3 rings (SSSR count). The maximum absolute atomic E-state index is 11.6. The van der Waals surface area contributed by atoms with Gasteiger partial charge in [-0.15, -0.1) is 0 Å². The predicted molar refractivity (Wildman–Crippen MR) is 88.5 cm³/mol. The molecule has 0 amide bonds. The Balaban J connectivity index is 1.69. The second-order valence-corrected chi connectivity index (χ2v) is 5.75. The summed E-state index contributed by atoms with van der Waals surface area (Å²) >= 11 is 0. The number of hydrogen-bond acceptors (Lipinski definition) is 7. The van der Waals surface area contributed by atoms with Crippen LogP contribution in [-0.4, -0.2) is 50.8 Å². The van der Waals surface area contributed by atoms with E-state index in [1.165, 1.54) is 7.11 Å². The summed E-state index contributed by atoms with van der Waals surface area (Å²) in [6, 6.07) is 1.81. The van der Waals surface area contributed by atoms with Gasteiger partial charge in [-0.05, 0) is 19.4 Å². The molecule has 0 aromatic carbocycles. The summed E-state index contributed by atoms with van der Waals surface area (Å²) in [5.74, 6) is 0.257. The van der Waals surface area contributed by atoms with Crippen LogP contribution < -0.4 is 5.32 Å². The average molecular weight is 330 g/mol. The normalized spacial score (nSPS) is 14.8. The van der Waals surface area contributed by atoms with Crippen LogP contribution in [0.15, 0.2) is 18.5 Å². The third kappa shape index (κ3) is 3.70. The highest BCUT2D eigenvalue weighted by Gasteiger charge is 2.20. The van der Waals surface area contributed by atoms with E-state index in [9.17, 15) is 4.79 Å². The van der Waals surface area contributed by atoms with Gasteiger partial charge in [0.05, 0.1) is 12.8 Å². The molecule has 3 heterocycles. The number of aromatic nitrogens is 4. The van der Waals surface area contributed by atoms with Crippen molar-refractivity contribution < 1.29 is 9.53 Å². The highest BCUT2D eigenvalue weighted by atomic mass is 16.5. The van der Waals surface area contributed by atoms with Gasteiger partial charge in [0.25, 0.3) is 0 Å². The first kappa shape index (κ1) is 16.4. The van der Waals surface area contributed by atoms with Crippen molar-refractivity contribution in [3.63, 3.8) is 0 Å². The third-order valence-electron chi connectivity index (χ3n) is 3.93. The molecule has 1 aliphatic rings. The van der Waals surface area contributed by atoms with Crippen LogP contribution in [0.5, 0.6) is 0 Å². The average Bonchev–Trinajstić information content (AvgIpc) is 2.89. The zero-order chi connectivity index (χ0) is 16.9. The second-order valence-electron chi connectivity index (χ2n) is 5.75. The molecule has 0 fully saturated rings. The molecular weight excluding hydrogens is 308 g/mol. The van der Waals surface area contributed by atoms with Crippen molar-refractivity contribution in [1.82, 2.24) is 24.6 Å². The lowest BCUT2D eigenvalue weighted by molar-refractivity contribution is 0.0593. The van der Waals surface area contributed by atoms with Crippen molar-refractivity contribution in [2.45, 2.75) is 33.0 Å². The van der Waals surface area contributed by atoms with Crippen LogP contribution in [0.3, 0.4) is 0 Å². The molecule has 8 nitrogen and oxygen atoms in total. The number of nitrogens with one attached hydrogen (secondary N) is 1. The van der Waals surface area contributed by atoms with E-state index >= 15 is 0 Å². The molecule has 0 bridgehead atoms. The SMILES string of the molecule is CCNc1ncc(CN2CCCn3nc(C(=O)OC)cc3C2)cn1. The van der Waals surface area contributed by atoms with Crippen LogP contribution in [-0.2, 0) is 24.4 Å². The van der Waals surface area contributed by atoms with E-state index in [0.29, 0.717) is 11.6 Å². The summed E-state index contributed by atoms with van der Waals surface area (Å²) in [5, 5.41) is 7.43. The van der Waals surface area contributed by atoms with Crippen LogP contribution in [0, 0.1) is 0 Å². The zero-order valence-electron chi connectivity index (χ0n) is 14.0.